The molecular formula is C15H17ClN2O2S. The van der Waals surface area contributed by atoms with Gasteiger partial charge in [0.05, 0.1) is 11.4 Å². The Balaban J connectivity index is 1.71. The van der Waals surface area contributed by atoms with Gasteiger partial charge in [-0.2, -0.15) is 0 Å². The Labute approximate surface area is 133 Å². The Morgan fingerprint density at radius 1 is 1.33 bits per heavy atom. The largest absolute Gasteiger partial charge is 0.361 e. The van der Waals surface area contributed by atoms with Crippen LogP contribution in [0.25, 0.3) is 0 Å². The van der Waals surface area contributed by atoms with Crippen LogP contribution in [0.2, 0.25) is 5.02 Å². The van der Waals surface area contributed by atoms with Gasteiger partial charge in [0.1, 0.15) is 5.76 Å². The highest BCUT2D eigenvalue weighted by atomic mass is 35.5. The lowest BCUT2D eigenvalue weighted by Gasteiger charge is -2.05. The van der Waals surface area contributed by atoms with E-state index in [1.54, 1.807) is 11.8 Å². The summed E-state index contributed by atoms with van der Waals surface area (Å²) in [5.41, 5.74) is 3.00. The summed E-state index contributed by atoms with van der Waals surface area (Å²) < 4.78 is 5.09. The fraction of sp³-hybridized carbons (Fsp3) is 0.333. The van der Waals surface area contributed by atoms with Gasteiger partial charge in [-0.05, 0) is 31.5 Å². The number of aryl methyl sites for hydroxylation is 2. The molecule has 112 valence electrons. The molecule has 0 atom stereocenters. The van der Waals surface area contributed by atoms with Crippen molar-refractivity contribution in [3.8, 4) is 0 Å². The summed E-state index contributed by atoms with van der Waals surface area (Å²) in [6, 6.07) is 7.43. The molecule has 0 aliphatic rings. The van der Waals surface area contributed by atoms with Crippen LogP contribution in [0.3, 0.4) is 0 Å². The standard InChI is InChI=1S/C15H17ClN2O2S/c1-10-14(11(2)20-18-10)8-21-9-15(19)17-7-12-3-5-13(16)6-4-12/h3-6H,7-9H2,1-2H3,(H,17,19). The molecule has 21 heavy (non-hydrogen) atoms. The summed E-state index contributed by atoms with van der Waals surface area (Å²) in [7, 11) is 0. The molecule has 2 rings (SSSR count). The molecule has 1 heterocycles. The summed E-state index contributed by atoms with van der Waals surface area (Å²) in [5, 5.41) is 7.48. The van der Waals surface area contributed by atoms with E-state index in [1.807, 2.05) is 38.1 Å². The van der Waals surface area contributed by atoms with E-state index in [4.69, 9.17) is 16.1 Å². The number of carbonyl (C=O) groups excluding carboxylic acids is 1. The predicted molar refractivity (Wildman–Crippen MR) is 85.4 cm³/mol. The SMILES string of the molecule is Cc1noc(C)c1CSCC(=O)NCc1ccc(Cl)cc1. The van der Waals surface area contributed by atoms with Gasteiger partial charge < -0.3 is 9.84 Å². The molecular weight excluding hydrogens is 308 g/mol. The molecule has 1 aromatic heterocycles. The number of nitrogens with one attached hydrogen (secondary N) is 1. The lowest BCUT2D eigenvalue weighted by molar-refractivity contribution is -0.118. The van der Waals surface area contributed by atoms with Crippen molar-refractivity contribution in [3.63, 3.8) is 0 Å². The van der Waals surface area contributed by atoms with Crippen molar-refractivity contribution in [1.82, 2.24) is 10.5 Å². The molecule has 1 aromatic carbocycles. The third-order valence-electron chi connectivity index (χ3n) is 3.06. The van der Waals surface area contributed by atoms with Gasteiger partial charge in [-0.3, -0.25) is 4.79 Å². The smallest absolute Gasteiger partial charge is 0.230 e. The van der Waals surface area contributed by atoms with E-state index in [0.717, 1.165) is 28.3 Å². The average molecular weight is 325 g/mol. The van der Waals surface area contributed by atoms with E-state index >= 15 is 0 Å². The Bertz CT molecular complexity index is 591. The fourth-order valence-electron chi connectivity index (χ4n) is 1.81. The number of hydrogen-bond acceptors (Lipinski definition) is 4. The molecule has 0 radical (unpaired) electrons. The molecule has 0 fully saturated rings. The second-order valence-electron chi connectivity index (χ2n) is 4.70. The second-order valence-corrected chi connectivity index (χ2v) is 6.12. The van der Waals surface area contributed by atoms with Crippen molar-refractivity contribution < 1.29 is 9.32 Å². The van der Waals surface area contributed by atoms with Crippen molar-refractivity contribution in [2.45, 2.75) is 26.1 Å². The normalized spacial score (nSPS) is 10.6. The summed E-state index contributed by atoms with van der Waals surface area (Å²) in [4.78, 5) is 11.8. The first-order valence-corrected chi connectivity index (χ1v) is 8.10. The van der Waals surface area contributed by atoms with Gasteiger partial charge in [0.25, 0.3) is 0 Å². The van der Waals surface area contributed by atoms with Crippen LogP contribution in [0.4, 0.5) is 0 Å². The van der Waals surface area contributed by atoms with Crippen LogP contribution in [0, 0.1) is 13.8 Å². The molecule has 1 N–H and O–H groups in total. The van der Waals surface area contributed by atoms with Crippen LogP contribution in [-0.2, 0) is 17.1 Å². The molecule has 0 saturated carbocycles. The predicted octanol–water partition coefficient (Wildman–Crippen LogP) is 3.49. The van der Waals surface area contributed by atoms with Crippen molar-refractivity contribution in [1.29, 1.82) is 0 Å². The number of halogens is 1. The van der Waals surface area contributed by atoms with Crippen LogP contribution in [0.1, 0.15) is 22.6 Å². The van der Waals surface area contributed by atoms with Gasteiger partial charge in [-0.15, -0.1) is 11.8 Å². The number of amides is 1. The second kappa shape index (κ2) is 7.52. The first-order valence-electron chi connectivity index (χ1n) is 6.57. The molecule has 0 aliphatic carbocycles. The highest BCUT2D eigenvalue weighted by Gasteiger charge is 2.10. The van der Waals surface area contributed by atoms with Gasteiger partial charge in [0.15, 0.2) is 0 Å². The highest BCUT2D eigenvalue weighted by molar-refractivity contribution is 7.99. The quantitative estimate of drug-likeness (QED) is 0.883. The van der Waals surface area contributed by atoms with E-state index in [1.165, 1.54) is 0 Å². The van der Waals surface area contributed by atoms with E-state index in [9.17, 15) is 4.79 Å². The number of rotatable bonds is 6. The van der Waals surface area contributed by atoms with Gasteiger partial charge in [0.2, 0.25) is 5.91 Å². The molecule has 2 aromatic rings. The Morgan fingerprint density at radius 2 is 2.05 bits per heavy atom. The van der Waals surface area contributed by atoms with Gasteiger partial charge in [-0.1, -0.05) is 28.9 Å². The van der Waals surface area contributed by atoms with E-state index < -0.39 is 0 Å². The Hall–Kier alpha value is -1.46. The van der Waals surface area contributed by atoms with E-state index in [2.05, 4.69) is 10.5 Å². The van der Waals surface area contributed by atoms with Crippen LogP contribution in [-0.4, -0.2) is 16.8 Å². The third kappa shape index (κ3) is 4.79. The first kappa shape index (κ1) is 15.9. The number of benzene rings is 1. The van der Waals surface area contributed by atoms with Crippen LogP contribution in [0.15, 0.2) is 28.8 Å². The minimum Gasteiger partial charge on any atom is -0.361 e. The zero-order valence-corrected chi connectivity index (χ0v) is 13.6. The third-order valence-corrected chi connectivity index (χ3v) is 4.27. The van der Waals surface area contributed by atoms with Crippen molar-refractivity contribution in [2.24, 2.45) is 0 Å². The zero-order valence-electron chi connectivity index (χ0n) is 12.0. The fourth-order valence-corrected chi connectivity index (χ4v) is 2.94. The average Bonchev–Trinajstić information content (AvgIpc) is 2.78. The maximum atomic E-state index is 11.8. The molecule has 6 heteroatoms. The first-order chi connectivity index (χ1) is 10.1. The maximum absolute atomic E-state index is 11.8. The van der Waals surface area contributed by atoms with E-state index in [0.29, 0.717) is 17.3 Å². The minimum absolute atomic E-state index is 0.0155. The van der Waals surface area contributed by atoms with Crippen LogP contribution < -0.4 is 5.32 Å². The summed E-state index contributed by atoms with van der Waals surface area (Å²) in [6.07, 6.45) is 0. The van der Waals surface area contributed by atoms with Crippen molar-refractivity contribution >= 4 is 29.3 Å². The molecule has 0 bridgehead atoms. The van der Waals surface area contributed by atoms with Crippen LogP contribution in [0.5, 0.6) is 0 Å². The zero-order chi connectivity index (χ0) is 15.2. The van der Waals surface area contributed by atoms with E-state index in [-0.39, 0.29) is 5.91 Å². The Morgan fingerprint density at radius 3 is 2.67 bits per heavy atom. The highest BCUT2D eigenvalue weighted by Crippen LogP contribution is 2.19. The number of carbonyl (C=O) groups is 1. The molecule has 0 spiro atoms. The van der Waals surface area contributed by atoms with Crippen LogP contribution >= 0.6 is 23.4 Å². The molecule has 0 saturated heterocycles. The monoisotopic (exact) mass is 324 g/mol. The van der Waals surface area contributed by atoms with Gasteiger partial charge in [-0.25, -0.2) is 0 Å². The summed E-state index contributed by atoms with van der Waals surface area (Å²) in [6.45, 7) is 4.31. The summed E-state index contributed by atoms with van der Waals surface area (Å²) in [5.74, 6) is 1.98. The van der Waals surface area contributed by atoms with Gasteiger partial charge in [0, 0.05) is 22.9 Å². The lowest BCUT2D eigenvalue weighted by atomic mass is 10.2. The maximum Gasteiger partial charge on any atom is 0.230 e. The number of hydrogen-bond donors (Lipinski definition) is 1. The van der Waals surface area contributed by atoms with Crippen molar-refractivity contribution in [3.05, 3.63) is 51.9 Å². The molecule has 0 unspecified atom stereocenters. The minimum atomic E-state index is 0.0155. The molecule has 1 amide bonds. The number of aromatic nitrogens is 1. The number of nitrogens with zero attached hydrogens (tertiary/aromatic N) is 1. The summed E-state index contributed by atoms with van der Waals surface area (Å²) >= 11 is 7.37. The molecule has 4 nitrogen and oxygen atoms in total. The Kier molecular flexibility index (Phi) is 5.70. The van der Waals surface area contributed by atoms with Crippen molar-refractivity contribution in [2.75, 3.05) is 5.75 Å². The number of thioether (sulfide) groups is 1. The lowest BCUT2D eigenvalue weighted by Crippen LogP contribution is -2.24. The van der Waals surface area contributed by atoms with Gasteiger partial charge >= 0.3 is 0 Å². The molecule has 0 aliphatic heterocycles. The topological polar surface area (TPSA) is 55.1 Å².